The molecule has 0 amide bonds. The maximum atomic E-state index is 6.15. The summed E-state index contributed by atoms with van der Waals surface area (Å²) in [6.45, 7) is 4.67. The zero-order valence-electron chi connectivity index (χ0n) is 11.5. The summed E-state index contributed by atoms with van der Waals surface area (Å²) >= 11 is 9.65. The number of halogens is 2. The molecule has 1 saturated carbocycles. The molecule has 0 aliphatic heterocycles. The first-order valence-electron chi connectivity index (χ1n) is 6.91. The molecule has 1 aliphatic carbocycles. The molecule has 2 nitrogen and oxygen atoms in total. The van der Waals surface area contributed by atoms with E-state index in [4.69, 9.17) is 17.4 Å². The second-order valence-corrected chi connectivity index (χ2v) is 7.38. The van der Waals surface area contributed by atoms with Gasteiger partial charge in [0.15, 0.2) is 0 Å². The Morgan fingerprint density at radius 1 is 1.21 bits per heavy atom. The summed E-state index contributed by atoms with van der Waals surface area (Å²) in [7, 11) is 0. The summed E-state index contributed by atoms with van der Waals surface area (Å²) in [5.74, 6) is 7.94. The largest absolute Gasteiger partial charge is 0.271 e. The monoisotopic (exact) mass is 344 g/mol. The average Bonchev–Trinajstić information content (AvgIpc) is 2.27. The first-order valence-corrected chi connectivity index (χ1v) is 8.08. The van der Waals surface area contributed by atoms with Crippen molar-refractivity contribution in [3.63, 3.8) is 0 Å². The average molecular weight is 346 g/mol. The van der Waals surface area contributed by atoms with Gasteiger partial charge in [-0.15, -0.1) is 0 Å². The first-order chi connectivity index (χ1) is 8.99. The van der Waals surface area contributed by atoms with Crippen LogP contribution in [-0.2, 0) is 0 Å². The van der Waals surface area contributed by atoms with Gasteiger partial charge in [-0.2, -0.15) is 0 Å². The fourth-order valence-electron chi connectivity index (χ4n) is 3.54. The predicted molar refractivity (Wildman–Crippen MR) is 84.9 cm³/mol. The van der Waals surface area contributed by atoms with Crippen LogP contribution in [0.3, 0.4) is 0 Å². The SMILES string of the molecule is CC1CC(C)CC(C(NN)c2cc(Cl)cc(Br)c2)C1. The quantitative estimate of drug-likeness (QED) is 0.616. The maximum absolute atomic E-state index is 6.15. The van der Waals surface area contributed by atoms with E-state index in [9.17, 15) is 0 Å². The van der Waals surface area contributed by atoms with Crippen LogP contribution in [0.25, 0.3) is 0 Å². The third-order valence-electron chi connectivity index (χ3n) is 4.11. The highest BCUT2D eigenvalue weighted by atomic mass is 79.9. The van der Waals surface area contributed by atoms with Gasteiger partial charge in [0.25, 0.3) is 0 Å². The van der Waals surface area contributed by atoms with Gasteiger partial charge in [-0.25, -0.2) is 0 Å². The summed E-state index contributed by atoms with van der Waals surface area (Å²) in [5, 5.41) is 0.751. The minimum Gasteiger partial charge on any atom is -0.271 e. The van der Waals surface area contributed by atoms with Crippen molar-refractivity contribution in [1.29, 1.82) is 0 Å². The Balaban J connectivity index is 2.23. The van der Waals surface area contributed by atoms with Crippen LogP contribution in [0.2, 0.25) is 5.02 Å². The van der Waals surface area contributed by atoms with Gasteiger partial charge in [0, 0.05) is 15.5 Å². The van der Waals surface area contributed by atoms with Crippen LogP contribution < -0.4 is 11.3 Å². The van der Waals surface area contributed by atoms with E-state index in [1.54, 1.807) is 0 Å². The van der Waals surface area contributed by atoms with E-state index in [-0.39, 0.29) is 6.04 Å². The lowest BCUT2D eigenvalue weighted by Gasteiger charge is -2.36. The molecule has 1 fully saturated rings. The first kappa shape index (κ1) is 15.3. The van der Waals surface area contributed by atoms with Gasteiger partial charge in [0.1, 0.15) is 0 Å². The van der Waals surface area contributed by atoms with Crippen molar-refractivity contribution in [2.75, 3.05) is 0 Å². The standard InChI is InChI=1S/C15H22BrClN2/c1-9-3-10(2)5-11(4-9)15(19-18)12-6-13(16)8-14(17)7-12/h6-11,15,19H,3-5,18H2,1-2H3. The van der Waals surface area contributed by atoms with Gasteiger partial charge in [-0.1, -0.05) is 41.4 Å². The molecular formula is C15H22BrClN2. The predicted octanol–water partition coefficient (Wildman–Crippen LogP) is 4.68. The second kappa shape index (κ2) is 6.57. The van der Waals surface area contributed by atoms with Gasteiger partial charge in [0.2, 0.25) is 0 Å². The van der Waals surface area contributed by atoms with Crippen LogP contribution in [0.4, 0.5) is 0 Å². The Morgan fingerprint density at radius 2 is 1.84 bits per heavy atom. The molecule has 1 aromatic rings. The van der Waals surface area contributed by atoms with Crippen LogP contribution in [0.5, 0.6) is 0 Å². The van der Waals surface area contributed by atoms with Gasteiger partial charge < -0.3 is 0 Å². The van der Waals surface area contributed by atoms with Crippen LogP contribution in [0.1, 0.15) is 44.7 Å². The molecule has 3 atom stereocenters. The van der Waals surface area contributed by atoms with Crippen LogP contribution >= 0.6 is 27.5 Å². The summed E-state index contributed by atoms with van der Waals surface area (Å²) in [6, 6.07) is 6.21. The molecule has 2 rings (SSSR count). The Labute approximate surface area is 129 Å². The zero-order chi connectivity index (χ0) is 14.0. The molecule has 0 bridgehead atoms. The fraction of sp³-hybridized carbons (Fsp3) is 0.600. The number of hydrogen-bond donors (Lipinski definition) is 2. The minimum absolute atomic E-state index is 0.181. The van der Waals surface area contributed by atoms with Crippen molar-refractivity contribution < 1.29 is 0 Å². The highest BCUT2D eigenvalue weighted by molar-refractivity contribution is 9.10. The Morgan fingerprint density at radius 3 is 2.37 bits per heavy atom. The van der Waals surface area contributed by atoms with Crippen molar-refractivity contribution in [3.05, 3.63) is 33.3 Å². The molecule has 1 aromatic carbocycles. The minimum atomic E-state index is 0.181. The lowest BCUT2D eigenvalue weighted by molar-refractivity contribution is 0.177. The van der Waals surface area contributed by atoms with Crippen LogP contribution in [-0.4, -0.2) is 0 Å². The number of rotatable bonds is 3. The lowest BCUT2D eigenvalue weighted by atomic mass is 9.72. The van der Waals surface area contributed by atoms with E-state index < -0.39 is 0 Å². The molecule has 0 spiro atoms. The number of hydrogen-bond acceptors (Lipinski definition) is 2. The molecule has 19 heavy (non-hydrogen) atoms. The van der Waals surface area contributed by atoms with Gasteiger partial charge in [-0.3, -0.25) is 11.3 Å². The molecule has 3 unspecified atom stereocenters. The Bertz CT molecular complexity index is 408. The molecule has 0 radical (unpaired) electrons. The topological polar surface area (TPSA) is 38.0 Å². The van der Waals surface area contributed by atoms with Gasteiger partial charge in [0.05, 0.1) is 0 Å². The highest BCUT2D eigenvalue weighted by Crippen LogP contribution is 2.40. The number of nitrogens with one attached hydrogen (secondary N) is 1. The number of benzene rings is 1. The second-order valence-electron chi connectivity index (χ2n) is 6.02. The summed E-state index contributed by atoms with van der Waals surface area (Å²) in [6.07, 6.45) is 3.78. The fourth-order valence-corrected chi connectivity index (χ4v) is 4.43. The number of hydrazine groups is 1. The molecule has 1 aliphatic rings. The van der Waals surface area contributed by atoms with E-state index >= 15 is 0 Å². The van der Waals surface area contributed by atoms with Crippen molar-refractivity contribution in [1.82, 2.24) is 5.43 Å². The summed E-state index contributed by atoms with van der Waals surface area (Å²) in [5.41, 5.74) is 4.18. The van der Waals surface area contributed by atoms with E-state index in [1.807, 2.05) is 12.1 Å². The normalized spacial score (nSPS) is 29.2. The molecule has 0 saturated heterocycles. The smallest absolute Gasteiger partial charge is 0.0489 e. The third-order valence-corrected chi connectivity index (χ3v) is 4.79. The van der Waals surface area contributed by atoms with Gasteiger partial charge >= 0.3 is 0 Å². The Kier molecular flexibility index (Phi) is 5.29. The van der Waals surface area contributed by atoms with Crippen molar-refractivity contribution >= 4 is 27.5 Å². The Hall–Kier alpha value is -0.0900. The van der Waals surface area contributed by atoms with Gasteiger partial charge in [-0.05, 0) is 60.8 Å². The van der Waals surface area contributed by atoms with E-state index in [0.717, 1.165) is 21.3 Å². The lowest BCUT2D eigenvalue weighted by Crippen LogP contribution is -2.37. The molecule has 3 N–H and O–H groups in total. The molecule has 106 valence electrons. The molecule has 0 aromatic heterocycles. The van der Waals surface area contributed by atoms with Crippen molar-refractivity contribution in [2.24, 2.45) is 23.6 Å². The molecule has 0 heterocycles. The molecular weight excluding hydrogens is 324 g/mol. The van der Waals surface area contributed by atoms with E-state index in [0.29, 0.717) is 5.92 Å². The van der Waals surface area contributed by atoms with Crippen LogP contribution in [0.15, 0.2) is 22.7 Å². The number of nitrogens with two attached hydrogens (primary N) is 1. The van der Waals surface area contributed by atoms with Crippen molar-refractivity contribution in [2.45, 2.75) is 39.2 Å². The van der Waals surface area contributed by atoms with E-state index in [2.05, 4.69) is 41.3 Å². The molecule has 4 heteroatoms. The zero-order valence-corrected chi connectivity index (χ0v) is 13.8. The summed E-state index contributed by atoms with van der Waals surface area (Å²) in [4.78, 5) is 0. The highest BCUT2D eigenvalue weighted by Gasteiger charge is 2.30. The maximum Gasteiger partial charge on any atom is 0.0489 e. The van der Waals surface area contributed by atoms with Crippen molar-refractivity contribution in [3.8, 4) is 0 Å². The summed E-state index contributed by atoms with van der Waals surface area (Å²) < 4.78 is 1.01. The third kappa shape index (κ3) is 3.94. The van der Waals surface area contributed by atoms with E-state index in [1.165, 1.54) is 24.8 Å². The van der Waals surface area contributed by atoms with Crippen LogP contribution in [0, 0.1) is 17.8 Å².